The molecule has 0 aromatic heterocycles. The number of rotatable bonds is 2. The molecule has 0 atom stereocenters. The van der Waals surface area contributed by atoms with E-state index in [0.717, 1.165) is 22.4 Å². The molecule has 3 nitrogen and oxygen atoms in total. The predicted octanol–water partition coefficient (Wildman–Crippen LogP) is 3.46. The maximum atomic E-state index is 13.7. The van der Waals surface area contributed by atoms with Gasteiger partial charge in [0.15, 0.2) is 0 Å². The van der Waals surface area contributed by atoms with E-state index in [0.29, 0.717) is 17.8 Å². The maximum absolute atomic E-state index is 13.7. The summed E-state index contributed by atoms with van der Waals surface area (Å²) in [6.45, 7) is 4.78. The summed E-state index contributed by atoms with van der Waals surface area (Å²) in [5, 5.41) is 11.1. The van der Waals surface area contributed by atoms with Crippen molar-refractivity contribution < 1.29 is 14.0 Å². The number of hydrogen-bond donors (Lipinski definition) is 1. The summed E-state index contributed by atoms with van der Waals surface area (Å²) in [6, 6.07) is 3.44. The number of benzene rings is 1. The lowest BCUT2D eigenvalue weighted by Crippen LogP contribution is -2.26. The van der Waals surface area contributed by atoms with Crippen LogP contribution in [-0.2, 0) is 6.42 Å². The summed E-state index contributed by atoms with van der Waals surface area (Å²) in [7, 11) is 0. The van der Waals surface area contributed by atoms with Crippen LogP contribution in [0.15, 0.2) is 46.7 Å². The minimum atomic E-state index is -0.618. The second-order valence-corrected chi connectivity index (χ2v) is 6.02. The molecular formula is C16H16F2N2O. The minimum absolute atomic E-state index is 0.112. The van der Waals surface area contributed by atoms with E-state index in [9.17, 15) is 14.0 Å². The molecule has 0 fully saturated rings. The Hall–Kier alpha value is -2.01. The summed E-state index contributed by atoms with van der Waals surface area (Å²) in [5.74, 6) is -1.23. The molecule has 5 heteroatoms. The SMILES string of the molecule is CC1(C)CN=C2C=C(Cc3ccc(F)cc3F)N(O)C=C21. The predicted molar refractivity (Wildman–Crippen MR) is 75.9 cm³/mol. The molecule has 2 aliphatic rings. The van der Waals surface area contributed by atoms with Gasteiger partial charge in [0.25, 0.3) is 0 Å². The highest BCUT2D eigenvalue weighted by molar-refractivity contribution is 6.11. The number of nitrogens with zero attached hydrogens (tertiary/aromatic N) is 2. The second-order valence-electron chi connectivity index (χ2n) is 6.02. The molecule has 0 radical (unpaired) electrons. The minimum Gasteiger partial charge on any atom is -0.284 e. The topological polar surface area (TPSA) is 35.8 Å². The third-order valence-corrected chi connectivity index (χ3v) is 3.89. The lowest BCUT2D eigenvalue weighted by atomic mass is 9.83. The number of halogens is 2. The van der Waals surface area contributed by atoms with Gasteiger partial charge in [-0.1, -0.05) is 19.9 Å². The van der Waals surface area contributed by atoms with Gasteiger partial charge in [0.05, 0.1) is 11.4 Å². The third kappa shape index (κ3) is 2.49. The van der Waals surface area contributed by atoms with E-state index in [2.05, 4.69) is 18.8 Å². The van der Waals surface area contributed by atoms with Crippen LogP contribution in [0.2, 0.25) is 0 Å². The van der Waals surface area contributed by atoms with Crippen LogP contribution in [0, 0.1) is 17.0 Å². The zero-order valence-corrected chi connectivity index (χ0v) is 11.9. The fourth-order valence-corrected chi connectivity index (χ4v) is 2.59. The number of fused-ring (bicyclic) bond motifs is 1. The van der Waals surface area contributed by atoms with Gasteiger partial charge in [0, 0.05) is 36.2 Å². The van der Waals surface area contributed by atoms with Crippen LogP contribution in [0.25, 0.3) is 0 Å². The van der Waals surface area contributed by atoms with E-state index in [1.165, 1.54) is 12.1 Å². The largest absolute Gasteiger partial charge is 0.284 e. The van der Waals surface area contributed by atoms with Gasteiger partial charge in [0.1, 0.15) is 11.6 Å². The quantitative estimate of drug-likeness (QED) is 0.905. The van der Waals surface area contributed by atoms with E-state index in [1.54, 1.807) is 12.3 Å². The molecule has 1 aromatic rings. The molecule has 0 bridgehead atoms. The molecule has 0 aliphatic carbocycles. The standard InChI is InChI=1S/C16H16F2N2O/c1-16(2)9-19-15-7-12(20(21)8-13(15)16)5-10-3-4-11(17)6-14(10)18/h3-4,6-8,21H,5,9H2,1-2H3. The van der Waals surface area contributed by atoms with Crippen molar-refractivity contribution in [1.29, 1.82) is 0 Å². The van der Waals surface area contributed by atoms with Gasteiger partial charge >= 0.3 is 0 Å². The Morgan fingerprint density at radius 2 is 2.10 bits per heavy atom. The Bertz CT molecular complexity index is 690. The van der Waals surface area contributed by atoms with Crippen LogP contribution in [-0.4, -0.2) is 22.5 Å². The first-order chi connectivity index (χ1) is 9.87. The first kappa shape index (κ1) is 13.9. The van der Waals surface area contributed by atoms with Crippen LogP contribution >= 0.6 is 0 Å². The van der Waals surface area contributed by atoms with Gasteiger partial charge in [0.2, 0.25) is 0 Å². The Labute approximate surface area is 121 Å². The zero-order valence-electron chi connectivity index (χ0n) is 11.9. The van der Waals surface area contributed by atoms with Gasteiger partial charge in [-0.25, -0.2) is 13.8 Å². The summed E-state index contributed by atoms with van der Waals surface area (Å²) >= 11 is 0. The summed E-state index contributed by atoms with van der Waals surface area (Å²) in [4.78, 5) is 4.45. The second kappa shape index (κ2) is 4.77. The molecule has 1 aromatic carbocycles. The van der Waals surface area contributed by atoms with Crippen molar-refractivity contribution in [3.63, 3.8) is 0 Å². The van der Waals surface area contributed by atoms with Gasteiger partial charge < -0.3 is 0 Å². The third-order valence-electron chi connectivity index (χ3n) is 3.89. The summed E-state index contributed by atoms with van der Waals surface area (Å²) < 4.78 is 26.6. The molecular weight excluding hydrogens is 274 g/mol. The van der Waals surface area contributed by atoms with Gasteiger partial charge in [-0.05, 0) is 17.7 Å². The molecule has 0 amide bonds. The monoisotopic (exact) mass is 290 g/mol. The number of hydroxylamine groups is 2. The van der Waals surface area contributed by atoms with Crippen molar-refractivity contribution >= 4 is 5.71 Å². The normalized spacial score (nSPS) is 19.9. The fourth-order valence-electron chi connectivity index (χ4n) is 2.59. The highest BCUT2D eigenvalue weighted by atomic mass is 19.1. The number of allylic oxidation sites excluding steroid dienone is 2. The van der Waals surface area contributed by atoms with E-state index in [4.69, 9.17) is 0 Å². The number of hydrogen-bond acceptors (Lipinski definition) is 3. The maximum Gasteiger partial charge on any atom is 0.129 e. The van der Waals surface area contributed by atoms with Gasteiger partial charge in [-0.2, -0.15) is 0 Å². The fraction of sp³-hybridized carbons (Fsp3) is 0.312. The van der Waals surface area contributed by atoms with Crippen molar-refractivity contribution in [1.82, 2.24) is 5.06 Å². The van der Waals surface area contributed by atoms with Crippen molar-refractivity contribution in [2.24, 2.45) is 10.4 Å². The molecule has 0 unspecified atom stereocenters. The summed E-state index contributed by atoms with van der Waals surface area (Å²) in [5.41, 5.74) is 2.52. The van der Waals surface area contributed by atoms with Crippen molar-refractivity contribution in [3.8, 4) is 0 Å². The smallest absolute Gasteiger partial charge is 0.129 e. The molecule has 3 rings (SSSR count). The van der Waals surface area contributed by atoms with Crippen LogP contribution < -0.4 is 0 Å². The Balaban J connectivity index is 1.88. The molecule has 2 aliphatic heterocycles. The molecule has 0 saturated heterocycles. The van der Waals surface area contributed by atoms with Crippen molar-refractivity contribution in [2.75, 3.05) is 6.54 Å². The van der Waals surface area contributed by atoms with E-state index >= 15 is 0 Å². The number of aliphatic imine (C=N–C) groups is 1. The first-order valence-electron chi connectivity index (χ1n) is 6.76. The molecule has 0 saturated carbocycles. The van der Waals surface area contributed by atoms with Crippen LogP contribution in [0.5, 0.6) is 0 Å². The summed E-state index contributed by atoms with van der Waals surface area (Å²) in [6.07, 6.45) is 3.56. The van der Waals surface area contributed by atoms with Gasteiger partial charge in [-0.3, -0.25) is 10.2 Å². The average Bonchev–Trinajstić information content (AvgIpc) is 2.69. The average molecular weight is 290 g/mol. The first-order valence-corrected chi connectivity index (χ1v) is 6.76. The molecule has 0 spiro atoms. The van der Waals surface area contributed by atoms with Crippen LogP contribution in [0.3, 0.4) is 0 Å². The highest BCUT2D eigenvalue weighted by Crippen LogP contribution is 2.37. The molecule has 2 heterocycles. The Morgan fingerprint density at radius 1 is 1.33 bits per heavy atom. The zero-order chi connectivity index (χ0) is 15.2. The van der Waals surface area contributed by atoms with E-state index in [-0.39, 0.29) is 11.8 Å². The highest BCUT2D eigenvalue weighted by Gasteiger charge is 2.34. The van der Waals surface area contributed by atoms with E-state index < -0.39 is 11.6 Å². The lowest BCUT2D eigenvalue weighted by molar-refractivity contribution is -0.00835. The van der Waals surface area contributed by atoms with E-state index in [1.807, 2.05) is 0 Å². The van der Waals surface area contributed by atoms with Gasteiger partial charge in [-0.15, -0.1) is 0 Å². The van der Waals surface area contributed by atoms with Crippen LogP contribution in [0.4, 0.5) is 8.78 Å². The van der Waals surface area contributed by atoms with Crippen molar-refractivity contribution in [2.45, 2.75) is 20.3 Å². The van der Waals surface area contributed by atoms with Crippen molar-refractivity contribution in [3.05, 3.63) is 58.9 Å². The molecule has 110 valence electrons. The molecule has 21 heavy (non-hydrogen) atoms. The Morgan fingerprint density at radius 3 is 2.81 bits per heavy atom. The molecule has 1 N–H and O–H groups in total. The van der Waals surface area contributed by atoms with Crippen LogP contribution in [0.1, 0.15) is 19.4 Å². The Kier molecular flexibility index (Phi) is 3.17. The lowest BCUT2D eigenvalue weighted by Gasteiger charge is -2.27.